The molecule has 0 aromatic carbocycles. The minimum absolute atomic E-state index is 0. The van der Waals surface area contributed by atoms with E-state index in [4.69, 9.17) is 10.2 Å². The molecule has 1 aliphatic rings. The number of aromatic amines is 1. The van der Waals surface area contributed by atoms with Crippen molar-refractivity contribution < 1.29 is 9.21 Å². The van der Waals surface area contributed by atoms with E-state index in [1.165, 1.54) is 0 Å². The van der Waals surface area contributed by atoms with Crippen LogP contribution in [0.2, 0.25) is 0 Å². The lowest BCUT2D eigenvalue weighted by atomic mass is 10.0. The van der Waals surface area contributed by atoms with Gasteiger partial charge in [-0.1, -0.05) is 0 Å². The summed E-state index contributed by atoms with van der Waals surface area (Å²) in [5, 5.41) is 6.94. The molecule has 1 atom stereocenters. The predicted molar refractivity (Wildman–Crippen MR) is 81.3 cm³/mol. The van der Waals surface area contributed by atoms with Gasteiger partial charge in [0.2, 0.25) is 0 Å². The highest BCUT2D eigenvalue weighted by molar-refractivity contribution is 5.93. The molecule has 0 aliphatic carbocycles. The van der Waals surface area contributed by atoms with Crippen LogP contribution in [0.15, 0.2) is 28.9 Å². The molecule has 2 aromatic rings. The highest BCUT2D eigenvalue weighted by atomic mass is 35.5. The number of hydrogen-bond acceptors (Lipinski definition) is 4. The van der Waals surface area contributed by atoms with Gasteiger partial charge < -0.3 is 15.1 Å². The number of furan rings is 1. The van der Waals surface area contributed by atoms with Crippen LogP contribution in [0.25, 0.3) is 11.5 Å². The highest BCUT2D eigenvalue weighted by Gasteiger charge is 2.28. The van der Waals surface area contributed by atoms with E-state index < -0.39 is 0 Å². The molecule has 114 valence electrons. The first-order chi connectivity index (χ1) is 9.79. The fraction of sp³-hybridized carbons (Fsp3) is 0.429. The molecular weight excluding hydrogens is 292 g/mol. The third-order valence-electron chi connectivity index (χ3n) is 3.74. The maximum Gasteiger partial charge on any atom is 0.274 e. The summed E-state index contributed by atoms with van der Waals surface area (Å²) in [5.74, 6) is 0.611. The Hall–Kier alpha value is -1.79. The summed E-state index contributed by atoms with van der Waals surface area (Å²) in [5.41, 5.74) is 6.88. The van der Waals surface area contributed by atoms with Gasteiger partial charge in [0.1, 0.15) is 5.69 Å². The summed E-state index contributed by atoms with van der Waals surface area (Å²) < 4.78 is 5.28. The van der Waals surface area contributed by atoms with Gasteiger partial charge in [0, 0.05) is 25.2 Å². The van der Waals surface area contributed by atoms with Crippen molar-refractivity contribution in [2.45, 2.75) is 25.3 Å². The fourth-order valence-corrected chi connectivity index (χ4v) is 2.65. The molecular formula is C14H19ClN4O2. The molecule has 0 spiro atoms. The molecule has 1 saturated heterocycles. The third-order valence-corrected chi connectivity index (χ3v) is 3.74. The lowest BCUT2D eigenvalue weighted by Crippen LogP contribution is -2.47. The Balaban J connectivity index is 0.00000161. The average Bonchev–Trinajstić information content (AvgIpc) is 3.16. The quantitative estimate of drug-likeness (QED) is 0.908. The Morgan fingerprint density at radius 1 is 1.52 bits per heavy atom. The molecule has 1 unspecified atom stereocenters. The smallest absolute Gasteiger partial charge is 0.274 e. The van der Waals surface area contributed by atoms with Crippen molar-refractivity contribution in [1.29, 1.82) is 0 Å². The molecule has 2 aromatic heterocycles. The van der Waals surface area contributed by atoms with Crippen molar-refractivity contribution in [3.63, 3.8) is 0 Å². The normalized spacial score (nSPS) is 18.3. The summed E-state index contributed by atoms with van der Waals surface area (Å²) in [4.78, 5) is 14.3. The van der Waals surface area contributed by atoms with Gasteiger partial charge in [-0.2, -0.15) is 5.10 Å². The zero-order valence-electron chi connectivity index (χ0n) is 11.6. The number of aromatic nitrogens is 2. The van der Waals surface area contributed by atoms with Gasteiger partial charge in [-0.3, -0.25) is 9.89 Å². The summed E-state index contributed by atoms with van der Waals surface area (Å²) >= 11 is 0. The zero-order valence-corrected chi connectivity index (χ0v) is 12.4. The molecule has 0 radical (unpaired) electrons. The number of hydrogen-bond donors (Lipinski definition) is 2. The first-order valence-electron chi connectivity index (χ1n) is 6.90. The number of likely N-dealkylation sites (tertiary alicyclic amines) is 1. The number of H-pyrrole nitrogens is 1. The molecule has 1 aliphatic heterocycles. The lowest BCUT2D eigenvalue weighted by molar-refractivity contribution is 0.0617. The van der Waals surface area contributed by atoms with E-state index in [2.05, 4.69) is 10.2 Å². The van der Waals surface area contributed by atoms with E-state index in [1.807, 2.05) is 11.0 Å². The third kappa shape index (κ3) is 3.11. The second-order valence-corrected chi connectivity index (χ2v) is 5.03. The van der Waals surface area contributed by atoms with Gasteiger partial charge in [-0.15, -0.1) is 12.4 Å². The number of piperidine rings is 1. The number of halogens is 1. The number of carbonyl (C=O) groups excluding carboxylic acids is 1. The number of nitrogens with one attached hydrogen (secondary N) is 1. The molecule has 7 heteroatoms. The number of nitrogens with two attached hydrogens (primary N) is 1. The summed E-state index contributed by atoms with van der Waals surface area (Å²) in [7, 11) is 0. The topological polar surface area (TPSA) is 88.1 Å². The van der Waals surface area contributed by atoms with Crippen LogP contribution in [0.5, 0.6) is 0 Å². The summed E-state index contributed by atoms with van der Waals surface area (Å²) in [6.45, 7) is 1.25. The largest absolute Gasteiger partial charge is 0.463 e. The first kappa shape index (κ1) is 15.6. The van der Waals surface area contributed by atoms with Crippen LogP contribution >= 0.6 is 12.4 Å². The molecule has 3 rings (SSSR count). The van der Waals surface area contributed by atoms with E-state index in [0.29, 0.717) is 23.7 Å². The zero-order chi connectivity index (χ0) is 13.9. The molecule has 3 N–H and O–H groups in total. The maximum absolute atomic E-state index is 12.5. The summed E-state index contributed by atoms with van der Waals surface area (Å²) in [6, 6.07) is 5.47. The number of amides is 1. The minimum Gasteiger partial charge on any atom is -0.463 e. The first-order valence-corrected chi connectivity index (χ1v) is 6.90. The monoisotopic (exact) mass is 310 g/mol. The number of rotatable bonds is 3. The molecule has 1 fully saturated rings. The van der Waals surface area contributed by atoms with Crippen LogP contribution in [-0.2, 0) is 0 Å². The molecule has 3 heterocycles. The van der Waals surface area contributed by atoms with Crippen LogP contribution in [0.3, 0.4) is 0 Å². The highest BCUT2D eigenvalue weighted by Crippen LogP contribution is 2.21. The van der Waals surface area contributed by atoms with E-state index in [0.717, 1.165) is 25.8 Å². The SMILES string of the molecule is Cl.NCC1CCCCN1C(=O)c1cc(-c2ccco2)[nH]n1. The van der Waals surface area contributed by atoms with Gasteiger partial charge in [0.25, 0.3) is 5.91 Å². The second kappa shape index (κ2) is 6.78. The molecule has 21 heavy (non-hydrogen) atoms. The lowest BCUT2D eigenvalue weighted by Gasteiger charge is -2.34. The fourth-order valence-electron chi connectivity index (χ4n) is 2.65. The molecule has 0 bridgehead atoms. The Morgan fingerprint density at radius 3 is 3.10 bits per heavy atom. The Morgan fingerprint density at radius 2 is 2.38 bits per heavy atom. The Kier molecular flexibility index (Phi) is 5.03. The van der Waals surface area contributed by atoms with Crippen molar-refractivity contribution in [2.75, 3.05) is 13.1 Å². The van der Waals surface area contributed by atoms with Gasteiger partial charge in [0.05, 0.1) is 6.26 Å². The standard InChI is InChI=1S/C14H18N4O2.ClH/c15-9-10-4-1-2-6-18(10)14(19)12-8-11(16-17-12)13-5-3-7-20-13;/h3,5,7-8,10H,1-2,4,6,9,15H2,(H,16,17);1H. The number of carbonyl (C=O) groups is 1. The Bertz CT molecular complexity index is 582. The Labute approximate surface area is 129 Å². The van der Waals surface area contributed by atoms with Gasteiger partial charge in [-0.25, -0.2) is 0 Å². The molecule has 1 amide bonds. The van der Waals surface area contributed by atoms with Crippen molar-refractivity contribution in [2.24, 2.45) is 5.73 Å². The van der Waals surface area contributed by atoms with Crippen LogP contribution in [0.4, 0.5) is 0 Å². The van der Waals surface area contributed by atoms with Gasteiger partial charge >= 0.3 is 0 Å². The average molecular weight is 311 g/mol. The molecule has 0 saturated carbocycles. The van der Waals surface area contributed by atoms with E-state index in [9.17, 15) is 4.79 Å². The predicted octanol–water partition coefficient (Wildman–Crippen LogP) is 2.04. The van der Waals surface area contributed by atoms with Crippen molar-refractivity contribution >= 4 is 18.3 Å². The van der Waals surface area contributed by atoms with E-state index in [1.54, 1.807) is 18.4 Å². The number of nitrogens with zero attached hydrogens (tertiary/aromatic N) is 2. The summed E-state index contributed by atoms with van der Waals surface area (Å²) in [6.07, 6.45) is 4.71. The van der Waals surface area contributed by atoms with Crippen LogP contribution in [-0.4, -0.2) is 40.1 Å². The van der Waals surface area contributed by atoms with Crippen molar-refractivity contribution in [1.82, 2.24) is 15.1 Å². The maximum atomic E-state index is 12.5. The van der Waals surface area contributed by atoms with E-state index in [-0.39, 0.29) is 24.4 Å². The van der Waals surface area contributed by atoms with Crippen LogP contribution < -0.4 is 5.73 Å². The van der Waals surface area contributed by atoms with Crippen LogP contribution in [0, 0.1) is 0 Å². The van der Waals surface area contributed by atoms with Crippen molar-refractivity contribution in [3.05, 3.63) is 30.2 Å². The van der Waals surface area contributed by atoms with Crippen molar-refractivity contribution in [3.8, 4) is 11.5 Å². The van der Waals surface area contributed by atoms with Crippen LogP contribution in [0.1, 0.15) is 29.8 Å². The molecule has 6 nitrogen and oxygen atoms in total. The van der Waals surface area contributed by atoms with E-state index >= 15 is 0 Å². The van der Waals surface area contributed by atoms with Gasteiger partial charge in [-0.05, 0) is 31.4 Å². The second-order valence-electron chi connectivity index (χ2n) is 5.03. The minimum atomic E-state index is -0.0609. The van der Waals surface area contributed by atoms with Gasteiger partial charge in [0.15, 0.2) is 11.5 Å².